The van der Waals surface area contributed by atoms with Crippen LogP contribution < -0.4 is 11.1 Å². The Labute approximate surface area is 111 Å². The lowest BCUT2D eigenvalue weighted by Crippen LogP contribution is -2.03. The van der Waals surface area contributed by atoms with Gasteiger partial charge in [-0.25, -0.2) is 4.98 Å². The third-order valence-electron chi connectivity index (χ3n) is 2.57. The first kappa shape index (κ1) is 12.8. The van der Waals surface area contributed by atoms with E-state index in [1.54, 1.807) is 11.3 Å². The molecule has 2 aromatic rings. The van der Waals surface area contributed by atoms with E-state index in [9.17, 15) is 0 Å². The first-order valence-electron chi connectivity index (χ1n) is 5.79. The number of hydrogen-bond donors (Lipinski definition) is 3. The van der Waals surface area contributed by atoms with Crippen molar-refractivity contribution in [3.63, 3.8) is 0 Å². The molecule has 17 heavy (non-hydrogen) atoms. The Morgan fingerprint density at radius 2 is 2.12 bits per heavy atom. The summed E-state index contributed by atoms with van der Waals surface area (Å²) in [4.78, 5) is 5.27. The minimum atomic E-state index is 0.507. The van der Waals surface area contributed by atoms with Crippen molar-refractivity contribution in [2.24, 2.45) is 5.73 Å². The lowest BCUT2D eigenvalue weighted by Gasteiger charge is -1.89. The maximum atomic E-state index is 5.49. The number of nitrogens with one attached hydrogen (secondary N) is 1. The summed E-state index contributed by atoms with van der Waals surface area (Å²) in [5, 5.41) is 4.19. The van der Waals surface area contributed by atoms with E-state index in [1.165, 1.54) is 25.9 Å². The highest BCUT2D eigenvalue weighted by atomic mass is 32.1. The zero-order valence-electron chi connectivity index (χ0n) is 9.65. The topological polar surface area (TPSA) is 50.9 Å². The molecule has 3 nitrogen and oxygen atoms in total. The lowest BCUT2D eigenvalue weighted by molar-refractivity contribution is 0.857. The first-order valence-corrected chi connectivity index (χ1v) is 7.06. The standard InChI is InChI=1S/C8H8N2S2.C4H9N/c9-4-7-10-8-5(11)2-1-3-6(8)12-7;1-2-4-5-3-1/h1-3,11H,4,9H2;5H,1-4H2. The van der Waals surface area contributed by atoms with Crippen molar-refractivity contribution in [1.82, 2.24) is 10.3 Å². The van der Waals surface area contributed by atoms with Gasteiger partial charge in [0.2, 0.25) is 0 Å². The van der Waals surface area contributed by atoms with Crippen molar-refractivity contribution < 1.29 is 0 Å². The average molecular weight is 267 g/mol. The van der Waals surface area contributed by atoms with Gasteiger partial charge < -0.3 is 11.1 Å². The van der Waals surface area contributed by atoms with Gasteiger partial charge in [-0.15, -0.1) is 24.0 Å². The van der Waals surface area contributed by atoms with Gasteiger partial charge in [0.05, 0.1) is 10.2 Å². The SMILES string of the molecule is C1CCNC1.NCc1nc2c(S)cccc2s1. The molecule has 3 rings (SSSR count). The van der Waals surface area contributed by atoms with E-state index in [0.717, 1.165) is 20.1 Å². The molecule has 5 heteroatoms. The van der Waals surface area contributed by atoms with Gasteiger partial charge in [-0.1, -0.05) is 6.07 Å². The van der Waals surface area contributed by atoms with Crippen LogP contribution in [0.15, 0.2) is 23.1 Å². The van der Waals surface area contributed by atoms with Gasteiger partial charge in [-0.2, -0.15) is 0 Å². The molecule has 0 spiro atoms. The second-order valence-electron chi connectivity index (χ2n) is 3.89. The molecule has 0 radical (unpaired) electrons. The summed E-state index contributed by atoms with van der Waals surface area (Å²) in [5.74, 6) is 0. The molecule has 3 N–H and O–H groups in total. The van der Waals surface area contributed by atoms with Crippen LogP contribution in [-0.2, 0) is 6.54 Å². The highest BCUT2D eigenvalue weighted by Gasteiger charge is 2.03. The van der Waals surface area contributed by atoms with Crippen LogP contribution in [0.25, 0.3) is 10.2 Å². The quantitative estimate of drug-likeness (QED) is 0.696. The highest BCUT2D eigenvalue weighted by Crippen LogP contribution is 2.26. The molecule has 1 aliphatic heterocycles. The van der Waals surface area contributed by atoms with Gasteiger partial charge >= 0.3 is 0 Å². The number of thiazole rings is 1. The molecule has 1 aromatic carbocycles. The fourth-order valence-electron chi connectivity index (χ4n) is 1.69. The van der Waals surface area contributed by atoms with Crippen LogP contribution in [0, 0.1) is 0 Å². The molecule has 0 aliphatic carbocycles. The normalized spacial score (nSPS) is 14.7. The predicted molar refractivity (Wildman–Crippen MR) is 76.9 cm³/mol. The number of para-hydroxylation sites is 1. The van der Waals surface area contributed by atoms with Crippen LogP contribution in [0.4, 0.5) is 0 Å². The number of thiol groups is 1. The van der Waals surface area contributed by atoms with Crippen molar-refractivity contribution in [3.05, 3.63) is 23.2 Å². The van der Waals surface area contributed by atoms with E-state index >= 15 is 0 Å². The fraction of sp³-hybridized carbons (Fsp3) is 0.417. The molecule has 1 aliphatic rings. The highest BCUT2D eigenvalue weighted by molar-refractivity contribution is 7.80. The molecule has 1 saturated heterocycles. The van der Waals surface area contributed by atoms with E-state index < -0.39 is 0 Å². The number of aromatic nitrogens is 1. The maximum absolute atomic E-state index is 5.49. The Bertz CT molecular complexity index is 470. The molecule has 92 valence electrons. The second kappa shape index (κ2) is 6.35. The molecule has 0 amide bonds. The van der Waals surface area contributed by atoms with Crippen LogP contribution >= 0.6 is 24.0 Å². The van der Waals surface area contributed by atoms with E-state index in [0.29, 0.717) is 6.54 Å². The molecular weight excluding hydrogens is 250 g/mol. The average Bonchev–Trinajstić information content (AvgIpc) is 3.02. The predicted octanol–water partition coefficient (Wildman–Crippen LogP) is 2.41. The number of nitrogens with two attached hydrogens (primary N) is 1. The number of nitrogens with zero attached hydrogens (tertiary/aromatic N) is 1. The van der Waals surface area contributed by atoms with Crippen molar-refractivity contribution in [2.75, 3.05) is 13.1 Å². The molecule has 0 saturated carbocycles. The molecule has 0 bridgehead atoms. The van der Waals surface area contributed by atoms with Crippen LogP contribution in [0.3, 0.4) is 0 Å². The monoisotopic (exact) mass is 267 g/mol. The van der Waals surface area contributed by atoms with Crippen LogP contribution in [-0.4, -0.2) is 18.1 Å². The van der Waals surface area contributed by atoms with Crippen LogP contribution in [0.1, 0.15) is 17.8 Å². The molecular formula is C12H17N3S2. The Balaban J connectivity index is 0.000000181. The second-order valence-corrected chi connectivity index (χ2v) is 5.49. The summed E-state index contributed by atoms with van der Waals surface area (Å²) >= 11 is 5.93. The molecule has 1 aromatic heterocycles. The van der Waals surface area contributed by atoms with Crippen LogP contribution in [0.2, 0.25) is 0 Å². The summed E-state index contributed by atoms with van der Waals surface area (Å²) in [6.45, 7) is 3.01. The zero-order chi connectivity index (χ0) is 12.1. The largest absolute Gasteiger partial charge is 0.325 e. The van der Waals surface area contributed by atoms with E-state index in [4.69, 9.17) is 5.73 Å². The van der Waals surface area contributed by atoms with E-state index in [1.807, 2.05) is 18.2 Å². The molecule has 0 unspecified atom stereocenters. The molecule has 2 heterocycles. The first-order chi connectivity index (χ1) is 8.31. The Kier molecular flexibility index (Phi) is 4.79. The van der Waals surface area contributed by atoms with Gasteiger partial charge in [-0.05, 0) is 38.1 Å². The number of fused-ring (bicyclic) bond motifs is 1. The third-order valence-corrected chi connectivity index (χ3v) is 3.98. The minimum Gasteiger partial charge on any atom is -0.325 e. The van der Waals surface area contributed by atoms with Gasteiger partial charge in [0.15, 0.2) is 0 Å². The van der Waals surface area contributed by atoms with Crippen LogP contribution in [0.5, 0.6) is 0 Å². The van der Waals surface area contributed by atoms with Crippen molar-refractivity contribution in [3.8, 4) is 0 Å². The van der Waals surface area contributed by atoms with Gasteiger partial charge in [0.1, 0.15) is 5.01 Å². The van der Waals surface area contributed by atoms with Crippen molar-refractivity contribution >= 4 is 34.2 Å². The minimum absolute atomic E-state index is 0.507. The van der Waals surface area contributed by atoms with Gasteiger partial charge in [0, 0.05) is 11.4 Å². The van der Waals surface area contributed by atoms with Gasteiger partial charge in [0.25, 0.3) is 0 Å². The summed E-state index contributed by atoms with van der Waals surface area (Å²) in [6.07, 6.45) is 2.78. The molecule has 1 fully saturated rings. The Morgan fingerprint density at radius 3 is 2.65 bits per heavy atom. The number of benzene rings is 1. The third kappa shape index (κ3) is 3.42. The molecule has 0 atom stereocenters. The Hall–Kier alpha value is -0.620. The number of rotatable bonds is 1. The fourth-order valence-corrected chi connectivity index (χ4v) is 2.90. The van der Waals surface area contributed by atoms with E-state index in [-0.39, 0.29) is 0 Å². The Morgan fingerprint density at radius 1 is 1.35 bits per heavy atom. The van der Waals surface area contributed by atoms with Crippen molar-refractivity contribution in [2.45, 2.75) is 24.3 Å². The smallest absolute Gasteiger partial charge is 0.107 e. The number of hydrogen-bond acceptors (Lipinski definition) is 5. The zero-order valence-corrected chi connectivity index (χ0v) is 11.4. The van der Waals surface area contributed by atoms with E-state index in [2.05, 4.69) is 22.9 Å². The summed E-state index contributed by atoms with van der Waals surface area (Å²) in [5.41, 5.74) is 6.45. The maximum Gasteiger partial charge on any atom is 0.107 e. The summed E-state index contributed by atoms with van der Waals surface area (Å²) in [7, 11) is 0. The lowest BCUT2D eigenvalue weighted by atomic mass is 10.3. The van der Waals surface area contributed by atoms with Gasteiger partial charge in [-0.3, -0.25) is 0 Å². The van der Waals surface area contributed by atoms with Crippen molar-refractivity contribution in [1.29, 1.82) is 0 Å². The summed E-state index contributed by atoms with van der Waals surface area (Å²) < 4.78 is 1.16. The summed E-state index contributed by atoms with van der Waals surface area (Å²) in [6, 6.07) is 5.94.